The molecule has 0 saturated carbocycles. The molecule has 1 aromatic carbocycles. The first-order valence-electron chi connectivity index (χ1n) is 7.70. The van der Waals surface area contributed by atoms with Crippen molar-refractivity contribution in [1.82, 2.24) is 0 Å². The topological polar surface area (TPSA) is 83.8 Å². The number of carboxylic acid groups (broad SMARTS) is 1. The lowest BCUT2D eigenvalue weighted by molar-refractivity contribution is 0.0692. The fourth-order valence-corrected chi connectivity index (χ4v) is 3.16. The molecule has 0 saturated heterocycles. The molecule has 0 unspecified atom stereocenters. The van der Waals surface area contributed by atoms with Crippen molar-refractivity contribution in [3.63, 3.8) is 0 Å². The normalized spacial score (nSPS) is 10.4. The highest BCUT2D eigenvalue weighted by molar-refractivity contribution is 7.12. The van der Waals surface area contributed by atoms with E-state index >= 15 is 0 Å². The predicted molar refractivity (Wildman–Crippen MR) is 97.1 cm³/mol. The van der Waals surface area contributed by atoms with E-state index in [0.717, 1.165) is 5.57 Å². The Balaban J connectivity index is 2.52. The molecule has 2 aromatic rings. The molecule has 0 aliphatic heterocycles. The van der Waals surface area contributed by atoms with Crippen LogP contribution in [0.1, 0.15) is 45.0 Å². The van der Waals surface area contributed by atoms with Crippen molar-refractivity contribution < 1.29 is 24.5 Å². The molecule has 0 bridgehead atoms. The number of allylic oxidation sites excluding steroid dienone is 2. The number of thiophene rings is 1. The minimum atomic E-state index is -1.27. The smallest absolute Gasteiger partial charge is 0.339 e. The number of hydrogen-bond acceptors (Lipinski definition) is 5. The van der Waals surface area contributed by atoms with Crippen LogP contribution in [-0.4, -0.2) is 29.1 Å². The number of benzene rings is 1. The first-order valence-corrected chi connectivity index (χ1v) is 8.58. The van der Waals surface area contributed by atoms with Gasteiger partial charge in [0.05, 0.1) is 12.0 Å². The van der Waals surface area contributed by atoms with Gasteiger partial charge in [-0.1, -0.05) is 17.7 Å². The van der Waals surface area contributed by atoms with Gasteiger partial charge in [0.15, 0.2) is 5.78 Å². The Morgan fingerprint density at radius 3 is 2.56 bits per heavy atom. The summed E-state index contributed by atoms with van der Waals surface area (Å²) in [5, 5.41) is 21.8. The minimum absolute atomic E-state index is 0.116. The highest BCUT2D eigenvalue weighted by Crippen LogP contribution is 2.36. The van der Waals surface area contributed by atoms with Crippen LogP contribution in [-0.2, 0) is 12.8 Å². The van der Waals surface area contributed by atoms with Gasteiger partial charge in [-0.3, -0.25) is 4.79 Å². The molecule has 0 amide bonds. The molecule has 0 atom stereocenters. The quantitative estimate of drug-likeness (QED) is 0.574. The molecule has 1 heterocycles. The van der Waals surface area contributed by atoms with Crippen LogP contribution in [0.25, 0.3) is 0 Å². The van der Waals surface area contributed by atoms with E-state index in [1.807, 2.05) is 19.9 Å². The summed E-state index contributed by atoms with van der Waals surface area (Å²) in [7, 11) is 1.45. The van der Waals surface area contributed by atoms with Crippen molar-refractivity contribution in [2.24, 2.45) is 0 Å². The average Bonchev–Trinajstić information content (AvgIpc) is 3.07. The third kappa shape index (κ3) is 4.28. The molecule has 0 aliphatic carbocycles. The first kappa shape index (κ1) is 18.7. The van der Waals surface area contributed by atoms with E-state index in [2.05, 4.69) is 0 Å². The second kappa shape index (κ2) is 7.98. The van der Waals surface area contributed by atoms with Gasteiger partial charge in [0.1, 0.15) is 17.1 Å². The Kier molecular flexibility index (Phi) is 5.98. The second-order valence-corrected chi connectivity index (χ2v) is 6.76. The number of carbonyl (C=O) groups is 2. The monoisotopic (exact) mass is 360 g/mol. The van der Waals surface area contributed by atoms with E-state index in [9.17, 15) is 19.8 Å². The van der Waals surface area contributed by atoms with Gasteiger partial charge in [-0.2, -0.15) is 0 Å². The molecule has 6 heteroatoms. The fourth-order valence-electron chi connectivity index (χ4n) is 2.50. The lowest BCUT2D eigenvalue weighted by Gasteiger charge is -2.15. The van der Waals surface area contributed by atoms with E-state index < -0.39 is 5.97 Å². The minimum Gasteiger partial charge on any atom is -0.507 e. The van der Waals surface area contributed by atoms with Crippen LogP contribution in [0.2, 0.25) is 0 Å². The van der Waals surface area contributed by atoms with Gasteiger partial charge in [-0.05, 0) is 43.3 Å². The Labute approximate surface area is 150 Å². The van der Waals surface area contributed by atoms with Gasteiger partial charge in [0.2, 0.25) is 0 Å². The lowest BCUT2D eigenvalue weighted by Crippen LogP contribution is -2.10. The van der Waals surface area contributed by atoms with Crippen LogP contribution in [0.3, 0.4) is 0 Å². The van der Waals surface area contributed by atoms with Gasteiger partial charge in [0, 0.05) is 12.0 Å². The average molecular weight is 360 g/mol. The SMILES string of the molecule is COc1cc(CC(=O)c2cccs2)c(C(=O)O)c(O)c1CC=C(C)C. The molecule has 25 heavy (non-hydrogen) atoms. The van der Waals surface area contributed by atoms with Crippen molar-refractivity contribution in [3.05, 3.63) is 56.8 Å². The van der Waals surface area contributed by atoms with E-state index in [1.54, 1.807) is 17.5 Å². The molecule has 0 radical (unpaired) electrons. The number of aromatic hydroxyl groups is 1. The van der Waals surface area contributed by atoms with Crippen molar-refractivity contribution in [2.45, 2.75) is 26.7 Å². The Hall–Kier alpha value is -2.60. The largest absolute Gasteiger partial charge is 0.507 e. The molecular weight excluding hydrogens is 340 g/mol. The predicted octanol–water partition coefficient (Wildman–Crippen LogP) is 4.09. The molecule has 2 N–H and O–H groups in total. The van der Waals surface area contributed by atoms with Gasteiger partial charge in [-0.15, -0.1) is 11.3 Å². The highest BCUT2D eigenvalue weighted by atomic mass is 32.1. The Morgan fingerprint density at radius 1 is 1.32 bits per heavy atom. The Morgan fingerprint density at radius 2 is 2.04 bits per heavy atom. The molecule has 132 valence electrons. The van der Waals surface area contributed by atoms with Crippen molar-refractivity contribution >= 4 is 23.1 Å². The fraction of sp³-hybridized carbons (Fsp3) is 0.263. The van der Waals surface area contributed by atoms with Crippen LogP contribution >= 0.6 is 11.3 Å². The maximum atomic E-state index is 12.3. The molecule has 0 spiro atoms. The summed E-state index contributed by atoms with van der Waals surface area (Å²) in [6.07, 6.45) is 2.10. The van der Waals surface area contributed by atoms with Gasteiger partial charge >= 0.3 is 5.97 Å². The molecule has 1 aromatic heterocycles. The number of phenols is 1. The van der Waals surface area contributed by atoms with Crippen molar-refractivity contribution in [1.29, 1.82) is 0 Å². The third-order valence-electron chi connectivity index (χ3n) is 3.74. The zero-order valence-corrected chi connectivity index (χ0v) is 15.1. The van der Waals surface area contributed by atoms with Crippen LogP contribution in [0, 0.1) is 0 Å². The zero-order chi connectivity index (χ0) is 18.6. The third-order valence-corrected chi connectivity index (χ3v) is 4.65. The molecule has 2 rings (SSSR count). The number of methoxy groups -OCH3 is 1. The maximum Gasteiger partial charge on any atom is 0.339 e. The van der Waals surface area contributed by atoms with Crippen LogP contribution < -0.4 is 4.74 Å². The number of Topliss-reactive ketones (excluding diaryl/α,β-unsaturated/α-hetero) is 1. The molecule has 0 fully saturated rings. The number of hydrogen-bond donors (Lipinski definition) is 2. The summed E-state index contributed by atoms with van der Waals surface area (Å²) in [6.45, 7) is 3.82. The molecule has 5 nitrogen and oxygen atoms in total. The summed E-state index contributed by atoms with van der Waals surface area (Å²) < 4.78 is 5.32. The highest BCUT2D eigenvalue weighted by Gasteiger charge is 2.24. The molecular formula is C19H20O5S. The van der Waals surface area contributed by atoms with Crippen LogP contribution in [0.5, 0.6) is 11.5 Å². The van der Waals surface area contributed by atoms with Gasteiger partial charge in [-0.25, -0.2) is 4.79 Å². The number of aromatic carboxylic acids is 1. The number of carbonyl (C=O) groups excluding carboxylic acids is 1. The van der Waals surface area contributed by atoms with Crippen LogP contribution in [0.15, 0.2) is 35.2 Å². The Bertz CT molecular complexity index is 815. The van der Waals surface area contributed by atoms with Crippen molar-refractivity contribution in [3.8, 4) is 11.5 Å². The number of rotatable bonds is 7. The van der Waals surface area contributed by atoms with E-state index in [0.29, 0.717) is 22.6 Å². The van der Waals surface area contributed by atoms with E-state index in [-0.39, 0.29) is 29.1 Å². The first-order chi connectivity index (χ1) is 11.8. The maximum absolute atomic E-state index is 12.3. The second-order valence-electron chi connectivity index (χ2n) is 5.81. The number of ether oxygens (including phenoxy) is 1. The van der Waals surface area contributed by atoms with E-state index in [4.69, 9.17) is 4.74 Å². The summed E-state index contributed by atoms with van der Waals surface area (Å²) in [5.74, 6) is -1.45. The van der Waals surface area contributed by atoms with Gasteiger partial charge in [0.25, 0.3) is 0 Å². The zero-order valence-electron chi connectivity index (χ0n) is 14.3. The van der Waals surface area contributed by atoms with Crippen LogP contribution in [0.4, 0.5) is 0 Å². The summed E-state index contributed by atoms with van der Waals surface area (Å²) in [6, 6.07) is 4.98. The number of ketones is 1. The summed E-state index contributed by atoms with van der Waals surface area (Å²) >= 11 is 1.29. The standard InChI is InChI=1S/C19H20O5S/c1-11(2)6-7-13-15(24-3)10-12(17(18(13)21)19(22)23)9-14(20)16-5-4-8-25-16/h4-6,8,10,21H,7,9H2,1-3H3,(H,22,23). The van der Waals surface area contributed by atoms with Gasteiger partial charge < -0.3 is 14.9 Å². The lowest BCUT2D eigenvalue weighted by atomic mass is 9.95. The molecule has 0 aliphatic rings. The summed E-state index contributed by atoms with van der Waals surface area (Å²) in [5.41, 5.74) is 1.42. The summed E-state index contributed by atoms with van der Waals surface area (Å²) in [4.78, 5) is 24.6. The van der Waals surface area contributed by atoms with E-state index in [1.165, 1.54) is 24.5 Å². The number of carboxylic acids is 1. The van der Waals surface area contributed by atoms with Crippen molar-refractivity contribution in [2.75, 3.05) is 7.11 Å².